The van der Waals surface area contributed by atoms with Crippen LogP contribution in [0.15, 0.2) is 23.9 Å². The summed E-state index contributed by atoms with van der Waals surface area (Å²) in [6.07, 6.45) is 4.95. The van der Waals surface area contributed by atoms with Crippen molar-refractivity contribution in [3.8, 4) is 0 Å². The quantitative estimate of drug-likeness (QED) is 0.463. The Morgan fingerprint density at radius 3 is 3.25 bits per heavy atom. The predicted octanol–water partition coefficient (Wildman–Crippen LogP) is 0.0974. The molecule has 1 aliphatic heterocycles. The van der Waals surface area contributed by atoms with Crippen LogP contribution in [-0.2, 0) is 9.53 Å². The number of hydrogen-bond acceptors (Lipinski definition) is 4. The summed E-state index contributed by atoms with van der Waals surface area (Å²) in [4.78, 5) is 10.8. The highest BCUT2D eigenvalue weighted by atomic mass is 16.5. The average molecular weight is 168 g/mol. The fourth-order valence-electron chi connectivity index (χ4n) is 0.820. The molecule has 1 rings (SSSR count). The zero-order valence-corrected chi connectivity index (χ0v) is 6.96. The Kier molecular flexibility index (Phi) is 3.35. The standard InChI is InChI=1S/C8H12N2O2/c1-2-12-8(11)4-3-7-5-9-10-6-7/h3-5,9-10H,2,6H2,1H3/b4-3+. The van der Waals surface area contributed by atoms with Crippen LogP contribution in [0.4, 0.5) is 0 Å². The Bertz CT molecular complexity index is 221. The highest BCUT2D eigenvalue weighted by molar-refractivity contribution is 5.82. The lowest BCUT2D eigenvalue weighted by atomic mass is 10.3. The highest BCUT2D eigenvalue weighted by Crippen LogP contribution is 1.97. The number of hydrogen-bond donors (Lipinski definition) is 2. The maximum absolute atomic E-state index is 10.8. The molecule has 0 radical (unpaired) electrons. The molecule has 0 amide bonds. The molecule has 2 N–H and O–H groups in total. The molecule has 0 saturated carbocycles. The van der Waals surface area contributed by atoms with Crippen LogP contribution >= 0.6 is 0 Å². The van der Waals surface area contributed by atoms with E-state index in [2.05, 4.69) is 10.9 Å². The van der Waals surface area contributed by atoms with Crippen molar-refractivity contribution in [1.29, 1.82) is 0 Å². The van der Waals surface area contributed by atoms with Gasteiger partial charge in [-0.1, -0.05) is 0 Å². The lowest BCUT2D eigenvalue weighted by Gasteiger charge is -1.94. The van der Waals surface area contributed by atoms with Crippen LogP contribution < -0.4 is 10.9 Å². The van der Waals surface area contributed by atoms with Crippen molar-refractivity contribution < 1.29 is 9.53 Å². The Morgan fingerprint density at radius 1 is 1.83 bits per heavy atom. The van der Waals surface area contributed by atoms with Gasteiger partial charge < -0.3 is 10.2 Å². The number of nitrogens with one attached hydrogen (secondary N) is 2. The Labute approximate surface area is 71.3 Å². The molecule has 0 spiro atoms. The van der Waals surface area contributed by atoms with Crippen LogP contribution in [-0.4, -0.2) is 19.1 Å². The molecule has 0 aromatic rings. The smallest absolute Gasteiger partial charge is 0.330 e. The molecule has 0 saturated heterocycles. The molecule has 66 valence electrons. The van der Waals surface area contributed by atoms with Crippen molar-refractivity contribution >= 4 is 5.97 Å². The number of hydrazine groups is 1. The summed E-state index contributed by atoms with van der Waals surface area (Å²) in [7, 11) is 0. The number of carbonyl (C=O) groups excluding carboxylic acids is 1. The van der Waals surface area contributed by atoms with Crippen molar-refractivity contribution in [3.63, 3.8) is 0 Å². The first-order chi connectivity index (χ1) is 5.83. The van der Waals surface area contributed by atoms with Gasteiger partial charge in [-0.25, -0.2) is 10.2 Å². The molecule has 12 heavy (non-hydrogen) atoms. The minimum absolute atomic E-state index is 0.301. The normalized spacial score (nSPS) is 15.9. The molecule has 1 aliphatic rings. The summed E-state index contributed by atoms with van der Waals surface area (Å²) >= 11 is 0. The van der Waals surface area contributed by atoms with Gasteiger partial charge in [-0.2, -0.15) is 0 Å². The van der Waals surface area contributed by atoms with Crippen LogP contribution in [0, 0.1) is 0 Å². The van der Waals surface area contributed by atoms with Crippen molar-refractivity contribution in [2.75, 3.05) is 13.2 Å². The first kappa shape index (κ1) is 8.80. The van der Waals surface area contributed by atoms with E-state index in [0.29, 0.717) is 6.61 Å². The van der Waals surface area contributed by atoms with Crippen LogP contribution in [0.25, 0.3) is 0 Å². The van der Waals surface area contributed by atoms with Gasteiger partial charge in [0.2, 0.25) is 0 Å². The first-order valence-electron chi connectivity index (χ1n) is 3.85. The van der Waals surface area contributed by atoms with E-state index in [4.69, 9.17) is 4.74 Å². The van der Waals surface area contributed by atoms with Gasteiger partial charge in [-0.05, 0) is 18.6 Å². The molecule has 0 aromatic carbocycles. The minimum Gasteiger partial charge on any atom is -0.463 e. The molecule has 0 aromatic heterocycles. The maximum Gasteiger partial charge on any atom is 0.330 e. The van der Waals surface area contributed by atoms with Crippen LogP contribution in [0.3, 0.4) is 0 Å². The van der Waals surface area contributed by atoms with Gasteiger partial charge in [0.15, 0.2) is 0 Å². The Morgan fingerprint density at radius 2 is 2.67 bits per heavy atom. The Hall–Kier alpha value is -1.29. The second-order valence-electron chi connectivity index (χ2n) is 2.30. The van der Waals surface area contributed by atoms with Gasteiger partial charge >= 0.3 is 5.97 Å². The number of esters is 1. The third-order valence-corrected chi connectivity index (χ3v) is 1.37. The summed E-state index contributed by atoms with van der Waals surface area (Å²) in [5, 5.41) is 0. The highest BCUT2D eigenvalue weighted by Gasteiger charge is 1.99. The largest absolute Gasteiger partial charge is 0.463 e. The minimum atomic E-state index is -0.301. The van der Waals surface area contributed by atoms with E-state index in [-0.39, 0.29) is 5.97 Å². The van der Waals surface area contributed by atoms with E-state index in [1.807, 2.05) is 0 Å². The van der Waals surface area contributed by atoms with Crippen molar-refractivity contribution in [2.24, 2.45) is 0 Å². The number of ether oxygens (including phenoxy) is 1. The third-order valence-electron chi connectivity index (χ3n) is 1.37. The van der Waals surface area contributed by atoms with E-state index < -0.39 is 0 Å². The summed E-state index contributed by atoms with van der Waals surface area (Å²) in [6, 6.07) is 0. The lowest BCUT2D eigenvalue weighted by molar-refractivity contribution is -0.137. The fraction of sp³-hybridized carbons (Fsp3) is 0.375. The van der Waals surface area contributed by atoms with E-state index in [1.165, 1.54) is 6.08 Å². The predicted molar refractivity (Wildman–Crippen MR) is 45.0 cm³/mol. The number of carbonyl (C=O) groups is 1. The van der Waals surface area contributed by atoms with Gasteiger partial charge in [0.25, 0.3) is 0 Å². The second kappa shape index (κ2) is 4.56. The SMILES string of the molecule is CCOC(=O)/C=C/C1=CNNC1. The number of rotatable bonds is 3. The van der Waals surface area contributed by atoms with Crippen LogP contribution in [0.1, 0.15) is 6.92 Å². The molecular weight excluding hydrogens is 156 g/mol. The molecule has 4 nitrogen and oxygen atoms in total. The van der Waals surface area contributed by atoms with Crippen molar-refractivity contribution in [1.82, 2.24) is 10.9 Å². The van der Waals surface area contributed by atoms with E-state index in [9.17, 15) is 4.79 Å². The fourth-order valence-corrected chi connectivity index (χ4v) is 0.820. The van der Waals surface area contributed by atoms with E-state index >= 15 is 0 Å². The topological polar surface area (TPSA) is 50.4 Å². The van der Waals surface area contributed by atoms with E-state index in [1.54, 1.807) is 19.2 Å². The molecule has 0 aliphatic carbocycles. The second-order valence-corrected chi connectivity index (χ2v) is 2.30. The lowest BCUT2D eigenvalue weighted by Crippen LogP contribution is -2.20. The molecule has 4 heteroatoms. The maximum atomic E-state index is 10.8. The van der Waals surface area contributed by atoms with Gasteiger partial charge in [0.05, 0.1) is 6.61 Å². The summed E-state index contributed by atoms with van der Waals surface area (Å²) in [5.74, 6) is -0.301. The first-order valence-corrected chi connectivity index (χ1v) is 3.85. The summed E-state index contributed by atoms with van der Waals surface area (Å²) in [6.45, 7) is 2.93. The van der Waals surface area contributed by atoms with Crippen LogP contribution in [0.5, 0.6) is 0 Å². The molecule has 1 heterocycles. The molecule has 0 atom stereocenters. The summed E-state index contributed by atoms with van der Waals surface area (Å²) < 4.78 is 4.71. The third kappa shape index (κ3) is 2.75. The Balaban J connectivity index is 2.33. The average Bonchev–Trinajstić information content (AvgIpc) is 2.53. The zero-order valence-electron chi connectivity index (χ0n) is 6.96. The van der Waals surface area contributed by atoms with Crippen molar-refractivity contribution in [2.45, 2.75) is 6.92 Å². The monoisotopic (exact) mass is 168 g/mol. The van der Waals surface area contributed by atoms with Gasteiger partial charge in [0, 0.05) is 18.8 Å². The van der Waals surface area contributed by atoms with Crippen molar-refractivity contribution in [3.05, 3.63) is 23.9 Å². The zero-order chi connectivity index (χ0) is 8.81. The van der Waals surface area contributed by atoms with Crippen LogP contribution in [0.2, 0.25) is 0 Å². The summed E-state index contributed by atoms with van der Waals surface area (Å²) in [5.41, 5.74) is 6.73. The van der Waals surface area contributed by atoms with Gasteiger partial charge in [-0.3, -0.25) is 0 Å². The molecule has 0 bridgehead atoms. The van der Waals surface area contributed by atoms with E-state index in [0.717, 1.165) is 12.1 Å². The molecular formula is C8H12N2O2. The molecule has 0 fully saturated rings. The molecule has 0 unspecified atom stereocenters. The van der Waals surface area contributed by atoms with Gasteiger partial charge in [0.1, 0.15) is 0 Å². The van der Waals surface area contributed by atoms with Gasteiger partial charge in [-0.15, -0.1) is 0 Å².